The molecule has 0 unspecified atom stereocenters. The van der Waals surface area contributed by atoms with Crippen molar-refractivity contribution in [1.29, 1.82) is 0 Å². The zero-order valence-electron chi connectivity index (χ0n) is 18.0. The van der Waals surface area contributed by atoms with E-state index < -0.39 is 5.97 Å². The molecule has 3 rings (SSSR count). The molecule has 31 heavy (non-hydrogen) atoms. The molecule has 0 aromatic heterocycles. The van der Waals surface area contributed by atoms with Crippen LogP contribution in [0.15, 0.2) is 71.7 Å². The second kappa shape index (κ2) is 10.4. The first-order valence-electron chi connectivity index (χ1n) is 10.3. The summed E-state index contributed by atoms with van der Waals surface area (Å²) in [5, 5.41) is 8.98. The van der Waals surface area contributed by atoms with E-state index in [1.807, 2.05) is 30.3 Å². The first-order chi connectivity index (χ1) is 15.0. The van der Waals surface area contributed by atoms with E-state index in [4.69, 9.17) is 14.6 Å². The molecular formula is C26H27NO4. The maximum absolute atomic E-state index is 10.9. The van der Waals surface area contributed by atoms with Gasteiger partial charge in [-0.3, -0.25) is 4.99 Å². The molecular weight excluding hydrogens is 390 g/mol. The average molecular weight is 418 g/mol. The lowest BCUT2D eigenvalue weighted by Crippen LogP contribution is -2.00. The molecule has 0 radical (unpaired) electrons. The summed E-state index contributed by atoms with van der Waals surface area (Å²) >= 11 is 0. The first kappa shape index (κ1) is 22.1. The van der Waals surface area contributed by atoms with E-state index in [9.17, 15) is 4.79 Å². The van der Waals surface area contributed by atoms with Gasteiger partial charge in [0.25, 0.3) is 0 Å². The Morgan fingerprint density at radius 1 is 1.03 bits per heavy atom. The molecule has 160 valence electrons. The third-order valence-corrected chi connectivity index (χ3v) is 5.22. The van der Waals surface area contributed by atoms with Gasteiger partial charge in [0.1, 0.15) is 6.61 Å². The largest absolute Gasteiger partial charge is 0.493 e. The zero-order chi connectivity index (χ0) is 22.2. The van der Waals surface area contributed by atoms with Crippen LogP contribution in [0.25, 0.3) is 0 Å². The Hall–Kier alpha value is -3.60. The van der Waals surface area contributed by atoms with Gasteiger partial charge in [-0.15, -0.1) is 0 Å². The number of benzene rings is 3. The van der Waals surface area contributed by atoms with Crippen molar-refractivity contribution in [2.45, 2.75) is 32.8 Å². The summed E-state index contributed by atoms with van der Waals surface area (Å²) in [6, 6.07) is 20.6. The summed E-state index contributed by atoms with van der Waals surface area (Å²) in [7, 11) is 1.60. The van der Waals surface area contributed by atoms with Gasteiger partial charge in [0.15, 0.2) is 11.5 Å². The molecule has 1 N–H and O–H groups in total. The number of ether oxygens (including phenoxy) is 2. The van der Waals surface area contributed by atoms with E-state index >= 15 is 0 Å². The van der Waals surface area contributed by atoms with Crippen LogP contribution in [0.3, 0.4) is 0 Å². The number of nitrogens with zero attached hydrogens (tertiary/aromatic N) is 1. The molecule has 0 bridgehead atoms. The minimum Gasteiger partial charge on any atom is -0.493 e. The van der Waals surface area contributed by atoms with Crippen LogP contribution in [0, 0.1) is 0 Å². The number of rotatable bonds is 9. The van der Waals surface area contributed by atoms with Gasteiger partial charge in [-0.1, -0.05) is 38.1 Å². The molecule has 3 aromatic rings. The topological polar surface area (TPSA) is 68.1 Å². The summed E-state index contributed by atoms with van der Waals surface area (Å²) in [5.74, 6) is 0.820. The van der Waals surface area contributed by atoms with E-state index in [0.29, 0.717) is 24.0 Å². The monoisotopic (exact) mass is 417 g/mol. The molecule has 0 saturated carbocycles. The van der Waals surface area contributed by atoms with Gasteiger partial charge in [-0.2, -0.15) is 0 Å². The van der Waals surface area contributed by atoms with Crippen molar-refractivity contribution < 1.29 is 19.4 Å². The summed E-state index contributed by atoms with van der Waals surface area (Å²) < 4.78 is 11.3. The van der Waals surface area contributed by atoms with Crippen LogP contribution in [-0.2, 0) is 6.61 Å². The highest BCUT2D eigenvalue weighted by Gasteiger charge is 2.07. The van der Waals surface area contributed by atoms with E-state index in [1.165, 1.54) is 5.56 Å². The lowest BCUT2D eigenvalue weighted by molar-refractivity contribution is 0.0697. The summed E-state index contributed by atoms with van der Waals surface area (Å²) in [5.41, 5.74) is 4.25. The van der Waals surface area contributed by atoms with Gasteiger partial charge in [0, 0.05) is 6.21 Å². The van der Waals surface area contributed by atoms with Gasteiger partial charge in [-0.25, -0.2) is 4.79 Å². The van der Waals surface area contributed by atoms with Gasteiger partial charge in [0.2, 0.25) is 0 Å². The normalized spacial score (nSPS) is 12.0. The standard InChI is InChI=1S/C26H27NO4/c1-4-18(2)21-10-12-23(13-11-21)27-16-20-7-14-24(25(15-20)30-3)31-17-19-5-8-22(9-6-19)26(28)29/h5-16,18H,4,17H2,1-3H3,(H,28,29)/t18-/m1/s1. The number of hydrogen-bond acceptors (Lipinski definition) is 4. The predicted molar refractivity (Wildman–Crippen MR) is 123 cm³/mol. The van der Waals surface area contributed by atoms with E-state index in [0.717, 1.165) is 23.2 Å². The Kier molecular flexibility index (Phi) is 7.44. The fourth-order valence-electron chi connectivity index (χ4n) is 3.06. The molecule has 0 fully saturated rings. The summed E-state index contributed by atoms with van der Waals surface area (Å²) in [6.07, 6.45) is 2.92. The van der Waals surface area contributed by atoms with Crippen molar-refractivity contribution in [3.05, 3.63) is 89.0 Å². The van der Waals surface area contributed by atoms with E-state index in [2.05, 4.69) is 31.0 Å². The SMILES string of the molecule is CC[C@@H](C)c1ccc(N=Cc2ccc(OCc3ccc(C(=O)O)cc3)c(OC)c2)cc1. The number of carboxylic acids is 1. The zero-order valence-corrected chi connectivity index (χ0v) is 18.0. The molecule has 5 heteroatoms. The highest BCUT2D eigenvalue weighted by Crippen LogP contribution is 2.29. The number of methoxy groups -OCH3 is 1. The molecule has 1 atom stereocenters. The lowest BCUT2D eigenvalue weighted by atomic mass is 9.99. The Morgan fingerprint density at radius 3 is 2.35 bits per heavy atom. The van der Waals surface area contributed by atoms with Crippen molar-refractivity contribution in [3.8, 4) is 11.5 Å². The third-order valence-electron chi connectivity index (χ3n) is 5.22. The average Bonchev–Trinajstić information content (AvgIpc) is 2.81. The van der Waals surface area contributed by atoms with Crippen molar-refractivity contribution in [1.82, 2.24) is 0 Å². The smallest absolute Gasteiger partial charge is 0.335 e. The molecule has 5 nitrogen and oxygen atoms in total. The molecule has 0 saturated heterocycles. The number of aliphatic imine (C=N–C) groups is 1. The highest BCUT2D eigenvalue weighted by molar-refractivity contribution is 5.87. The van der Waals surface area contributed by atoms with Gasteiger partial charge in [0.05, 0.1) is 18.4 Å². The van der Waals surface area contributed by atoms with Gasteiger partial charge < -0.3 is 14.6 Å². The van der Waals surface area contributed by atoms with Crippen LogP contribution in [0.4, 0.5) is 5.69 Å². The molecule has 0 aliphatic heterocycles. The van der Waals surface area contributed by atoms with Crippen LogP contribution in [0.2, 0.25) is 0 Å². The third kappa shape index (κ3) is 5.95. The maximum atomic E-state index is 10.9. The maximum Gasteiger partial charge on any atom is 0.335 e. The Balaban J connectivity index is 1.66. The number of hydrogen-bond donors (Lipinski definition) is 1. The molecule has 3 aromatic carbocycles. The van der Waals surface area contributed by atoms with Crippen molar-refractivity contribution in [2.75, 3.05) is 7.11 Å². The van der Waals surface area contributed by atoms with Crippen LogP contribution in [-0.4, -0.2) is 24.4 Å². The second-order valence-corrected chi connectivity index (χ2v) is 7.36. The fourth-order valence-corrected chi connectivity index (χ4v) is 3.06. The van der Waals surface area contributed by atoms with E-state index in [1.54, 1.807) is 37.6 Å². The van der Waals surface area contributed by atoms with Crippen LogP contribution in [0.5, 0.6) is 11.5 Å². The number of aromatic carboxylic acids is 1. The molecule has 0 spiro atoms. The molecule has 0 heterocycles. The Labute approximate surface area is 183 Å². The van der Waals surface area contributed by atoms with E-state index in [-0.39, 0.29) is 5.56 Å². The highest BCUT2D eigenvalue weighted by atomic mass is 16.5. The minimum absolute atomic E-state index is 0.250. The van der Waals surface area contributed by atoms with Gasteiger partial charge >= 0.3 is 5.97 Å². The fraction of sp³-hybridized carbons (Fsp3) is 0.231. The van der Waals surface area contributed by atoms with Crippen LogP contribution in [0.1, 0.15) is 53.2 Å². The summed E-state index contributed by atoms with van der Waals surface area (Å²) in [4.78, 5) is 15.5. The molecule has 0 aliphatic carbocycles. The number of carboxylic acid groups (broad SMARTS) is 1. The quantitative estimate of drug-likeness (QED) is 0.419. The Morgan fingerprint density at radius 2 is 1.74 bits per heavy atom. The van der Waals surface area contributed by atoms with Crippen molar-refractivity contribution in [2.24, 2.45) is 4.99 Å². The minimum atomic E-state index is -0.946. The van der Waals surface area contributed by atoms with Crippen molar-refractivity contribution in [3.63, 3.8) is 0 Å². The molecule has 0 amide bonds. The van der Waals surface area contributed by atoms with Gasteiger partial charge in [-0.05, 0) is 71.5 Å². The van der Waals surface area contributed by atoms with Crippen molar-refractivity contribution >= 4 is 17.9 Å². The second-order valence-electron chi connectivity index (χ2n) is 7.36. The van der Waals surface area contributed by atoms with Crippen LogP contribution >= 0.6 is 0 Å². The summed E-state index contributed by atoms with van der Waals surface area (Å²) in [6.45, 7) is 4.72. The van der Waals surface area contributed by atoms with Crippen LogP contribution < -0.4 is 9.47 Å². The lowest BCUT2D eigenvalue weighted by Gasteiger charge is -2.11. The number of carbonyl (C=O) groups is 1. The Bertz CT molecular complexity index is 1040. The predicted octanol–water partition coefficient (Wildman–Crippen LogP) is 6.24. The molecule has 0 aliphatic rings. The first-order valence-corrected chi connectivity index (χ1v) is 10.3.